The van der Waals surface area contributed by atoms with E-state index in [1.165, 1.54) is 25.4 Å². The minimum absolute atomic E-state index is 0.0346. The van der Waals surface area contributed by atoms with Crippen LogP contribution in [-0.4, -0.2) is 42.0 Å². The van der Waals surface area contributed by atoms with Gasteiger partial charge < -0.3 is 10.1 Å². The van der Waals surface area contributed by atoms with Crippen molar-refractivity contribution in [1.29, 1.82) is 0 Å². The number of amides is 1. The number of halogens is 3. The van der Waals surface area contributed by atoms with Gasteiger partial charge >= 0.3 is 6.18 Å². The minimum Gasteiger partial charge on any atom is -0.481 e. The van der Waals surface area contributed by atoms with Crippen LogP contribution in [0.4, 0.5) is 13.2 Å². The van der Waals surface area contributed by atoms with Gasteiger partial charge in [0.2, 0.25) is 5.88 Å². The van der Waals surface area contributed by atoms with Crippen molar-refractivity contribution in [1.82, 2.24) is 15.2 Å². The molecule has 1 fully saturated rings. The zero-order valence-electron chi connectivity index (χ0n) is 15.5. The van der Waals surface area contributed by atoms with Crippen molar-refractivity contribution in [2.75, 3.05) is 20.2 Å². The quantitative estimate of drug-likeness (QED) is 0.845. The second-order valence-corrected chi connectivity index (χ2v) is 6.81. The molecule has 0 aliphatic carbocycles. The third-order valence-corrected chi connectivity index (χ3v) is 4.79. The van der Waals surface area contributed by atoms with E-state index < -0.39 is 11.7 Å². The first kappa shape index (κ1) is 20.1. The molecular weight excluding hydrogens is 371 g/mol. The van der Waals surface area contributed by atoms with Gasteiger partial charge in [-0.05, 0) is 30.5 Å². The van der Waals surface area contributed by atoms with Crippen molar-refractivity contribution in [2.24, 2.45) is 0 Å². The highest BCUT2D eigenvalue weighted by molar-refractivity contribution is 5.94. The topological polar surface area (TPSA) is 54.5 Å². The van der Waals surface area contributed by atoms with E-state index in [0.717, 1.165) is 18.9 Å². The fourth-order valence-electron chi connectivity index (χ4n) is 3.24. The molecule has 1 saturated heterocycles. The SMILES string of the molecule is COc1ccc(C(=O)NC2CCN(Cc3cccc(C(F)(F)F)c3)CC2)cn1. The van der Waals surface area contributed by atoms with Crippen LogP contribution < -0.4 is 10.1 Å². The van der Waals surface area contributed by atoms with Crippen molar-refractivity contribution in [3.63, 3.8) is 0 Å². The molecule has 0 atom stereocenters. The van der Waals surface area contributed by atoms with Crippen LogP contribution >= 0.6 is 0 Å². The lowest BCUT2D eigenvalue weighted by Gasteiger charge is -2.32. The first-order valence-electron chi connectivity index (χ1n) is 9.04. The first-order chi connectivity index (χ1) is 13.3. The molecule has 0 saturated carbocycles. The van der Waals surface area contributed by atoms with Gasteiger partial charge in [-0.2, -0.15) is 13.2 Å². The summed E-state index contributed by atoms with van der Waals surface area (Å²) in [6.07, 6.45) is -1.37. The van der Waals surface area contributed by atoms with E-state index in [1.807, 2.05) is 0 Å². The number of carbonyl (C=O) groups excluding carboxylic acids is 1. The van der Waals surface area contributed by atoms with Crippen LogP contribution in [0.3, 0.4) is 0 Å². The Balaban J connectivity index is 1.50. The molecule has 0 bridgehead atoms. The van der Waals surface area contributed by atoms with E-state index in [0.29, 0.717) is 36.6 Å². The maximum absolute atomic E-state index is 12.8. The summed E-state index contributed by atoms with van der Waals surface area (Å²) in [4.78, 5) is 18.4. The van der Waals surface area contributed by atoms with Gasteiger partial charge in [-0.25, -0.2) is 4.98 Å². The average molecular weight is 393 g/mol. The Bertz CT molecular complexity index is 801. The molecule has 0 radical (unpaired) electrons. The van der Waals surface area contributed by atoms with E-state index in [1.54, 1.807) is 18.2 Å². The number of methoxy groups -OCH3 is 1. The van der Waals surface area contributed by atoms with Gasteiger partial charge in [0, 0.05) is 37.9 Å². The maximum Gasteiger partial charge on any atom is 0.416 e. The Hall–Kier alpha value is -2.61. The second kappa shape index (κ2) is 8.60. The zero-order valence-corrected chi connectivity index (χ0v) is 15.5. The summed E-state index contributed by atoms with van der Waals surface area (Å²) in [7, 11) is 1.51. The van der Waals surface area contributed by atoms with Crippen molar-refractivity contribution in [2.45, 2.75) is 31.6 Å². The standard InChI is InChI=1S/C20H22F3N3O2/c1-28-18-6-5-15(12-24-18)19(27)25-17-7-9-26(10-8-17)13-14-3-2-4-16(11-14)20(21,22)23/h2-6,11-12,17H,7-10,13H2,1H3,(H,25,27). The number of rotatable bonds is 5. The molecule has 1 aliphatic rings. The van der Waals surface area contributed by atoms with Gasteiger partial charge in [-0.3, -0.25) is 9.69 Å². The smallest absolute Gasteiger partial charge is 0.416 e. The lowest BCUT2D eigenvalue weighted by Crippen LogP contribution is -2.44. The van der Waals surface area contributed by atoms with E-state index in [4.69, 9.17) is 4.74 Å². The summed E-state index contributed by atoms with van der Waals surface area (Å²) in [5.41, 5.74) is 0.481. The lowest BCUT2D eigenvalue weighted by molar-refractivity contribution is -0.137. The van der Waals surface area contributed by atoms with Crippen molar-refractivity contribution in [3.05, 3.63) is 59.3 Å². The Morgan fingerprint density at radius 3 is 2.61 bits per heavy atom. The first-order valence-corrected chi connectivity index (χ1v) is 9.04. The highest BCUT2D eigenvalue weighted by atomic mass is 19.4. The molecule has 8 heteroatoms. The summed E-state index contributed by atoms with van der Waals surface area (Å²) < 4.78 is 43.5. The predicted octanol–water partition coefficient (Wildman–Crippen LogP) is 3.50. The predicted molar refractivity (Wildman–Crippen MR) is 98.0 cm³/mol. The highest BCUT2D eigenvalue weighted by Crippen LogP contribution is 2.30. The molecule has 1 aromatic carbocycles. The van der Waals surface area contributed by atoms with E-state index in [2.05, 4.69) is 15.2 Å². The Labute approximate surface area is 161 Å². The molecule has 0 spiro atoms. The number of likely N-dealkylation sites (tertiary alicyclic amines) is 1. The summed E-state index contributed by atoms with van der Waals surface area (Å²) in [5.74, 6) is 0.255. The van der Waals surface area contributed by atoms with Crippen molar-refractivity contribution < 1.29 is 22.7 Å². The molecule has 5 nitrogen and oxygen atoms in total. The number of hydrogen-bond acceptors (Lipinski definition) is 4. The van der Waals surface area contributed by atoms with Crippen LogP contribution in [0.15, 0.2) is 42.6 Å². The molecule has 3 rings (SSSR count). The number of nitrogens with one attached hydrogen (secondary N) is 1. The molecule has 1 amide bonds. The third-order valence-electron chi connectivity index (χ3n) is 4.79. The summed E-state index contributed by atoms with van der Waals surface area (Å²) >= 11 is 0. The second-order valence-electron chi connectivity index (χ2n) is 6.81. The number of alkyl halides is 3. The van der Waals surface area contributed by atoms with Crippen molar-refractivity contribution in [3.8, 4) is 5.88 Å². The molecule has 2 aromatic rings. The number of hydrogen-bond donors (Lipinski definition) is 1. The lowest BCUT2D eigenvalue weighted by atomic mass is 10.0. The molecule has 1 aliphatic heterocycles. The summed E-state index contributed by atoms with van der Waals surface area (Å²) in [5, 5.41) is 2.99. The highest BCUT2D eigenvalue weighted by Gasteiger charge is 2.30. The monoisotopic (exact) mass is 393 g/mol. The van der Waals surface area contributed by atoms with Crippen LogP contribution in [0.1, 0.15) is 34.3 Å². The third kappa shape index (κ3) is 5.22. The molecule has 28 heavy (non-hydrogen) atoms. The number of nitrogens with zero attached hydrogens (tertiary/aromatic N) is 2. The van der Waals surface area contributed by atoms with Crippen LogP contribution in [0, 0.1) is 0 Å². The fraction of sp³-hybridized carbons (Fsp3) is 0.400. The fourth-order valence-corrected chi connectivity index (χ4v) is 3.24. The van der Waals surface area contributed by atoms with Gasteiger partial charge in [0.05, 0.1) is 18.2 Å². The van der Waals surface area contributed by atoms with Crippen LogP contribution in [0.2, 0.25) is 0 Å². The summed E-state index contributed by atoms with van der Waals surface area (Å²) in [6.45, 7) is 1.89. The van der Waals surface area contributed by atoms with E-state index in [-0.39, 0.29) is 11.9 Å². The molecule has 1 aromatic heterocycles. The van der Waals surface area contributed by atoms with Crippen LogP contribution in [-0.2, 0) is 12.7 Å². The van der Waals surface area contributed by atoms with Crippen LogP contribution in [0.5, 0.6) is 5.88 Å². The maximum atomic E-state index is 12.8. The molecule has 0 unspecified atom stereocenters. The minimum atomic E-state index is -4.33. The summed E-state index contributed by atoms with van der Waals surface area (Å²) in [6, 6.07) is 8.75. The zero-order chi connectivity index (χ0) is 20.1. The Morgan fingerprint density at radius 1 is 1.25 bits per heavy atom. The van der Waals surface area contributed by atoms with E-state index >= 15 is 0 Å². The van der Waals surface area contributed by atoms with Gasteiger partial charge in [-0.15, -0.1) is 0 Å². The number of benzene rings is 1. The van der Waals surface area contributed by atoms with E-state index in [9.17, 15) is 18.0 Å². The number of ether oxygens (including phenoxy) is 1. The number of piperidine rings is 1. The molecular formula is C20H22F3N3O2. The van der Waals surface area contributed by atoms with Gasteiger partial charge in [0.1, 0.15) is 0 Å². The Morgan fingerprint density at radius 2 is 2.00 bits per heavy atom. The van der Waals surface area contributed by atoms with Gasteiger partial charge in [-0.1, -0.05) is 18.2 Å². The normalized spacial score (nSPS) is 16.0. The number of carbonyl (C=O) groups is 1. The molecule has 2 heterocycles. The molecule has 1 N–H and O–H groups in total. The largest absolute Gasteiger partial charge is 0.481 e. The van der Waals surface area contributed by atoms with Gasteiger partial charge in [0.15, 0.2) is 0 Å². The number of aromatic nitrogens is 1. The van der Waals surface area contributed by atoms with Crippen LogP contribution in [0.25, 0.3) is 0 Å². The van der Waals surface area contributed by atoms with Crippen molar-refractivity contribution >= 4 is 5.91 Å². The molecule has 150 valence electrons. The average Bonchev–Trinajstić information content (AvgIpc) is 2.69. The van der Waals surface area contributed by atoms with Gasteiger partial charge in [0.25, 0.3) is 5.91 Å². The number of pyridine rings is 1. The Kier molecular flexibility index (Phi) is 6.18.